The second-order valence-electron chi connectivity index (χ2n) is 4.39. The molecule has 0 spiro atoms. The third-order valence-corrected chi connectivity index (χ3v) is 2.52. The topological polar surface area (TPSA) is 42.7 Å². The Kier molecular flexibility index (Phi) is 4.75. The summed E-state index contributed by atoms with van der Waals surface area (Å²) in [6, 6.07) is 0.585. The van der Waals surface area contributed by atoms with Gasteiger partial charge >= 0.3 is 0 Å². The fourth-order valence-electron chi connectivity index (χ4n) is 1.96. The lowest BCUT2D eigenvalue weighted by atomic mass is 9.98. The average Bonchev–Trinajstić information content (AvgIpc) is 2.51. The van der Waals surface area contributed by atoms with E-state index in [9.17, 15) is 0 Å². The number of aryl methyl sites for hydroxylation is 1. The van der Waals surface area contributed by atoms with E-state index in [-0.39, 0.29) is 0 Å². The smallest absolute Gasteiger partial charge is 0.0829 e. The van der Waals surface area contributed by atoms with E-state index in [4.69, 9.17) is 0 Å². The van der Waals surface area contributed by atoms with E-state index >= 15 is 0 Å². The monoisotopic (exact) mass is 210 g/mol. The van der Waals surface area contributed by atoms with Gasteiger partial charge in [0.2, 0.25) is 0 Å². The number of hydrogen-bond acceptors (Lipinski definition) is 3. The summed E-state index contributed by atoms with van der Waals surface area (Å²) in [5.41, 5.74) is 1.09. The molecule has 1 aromatic rings. The SMILES string of the molecule is CCNC(C)CC(C)Cc1cn(C)nn1. The predicted octanol–water partition coefficient (Wildman–Crippen LogP) is 1.38. The van der Waals surface area contributed by atoms with Crippen molar-refractivity contribution in [3.05, 3.63) is 11.9 Å². The Labute approximate surface area is 92.1 Å². The van der Waals surface area contributed by atoms with Gasteiger partial charge < -0.3 is 5.32 Å². The molecule has 86 valence electrons. The lowest BCUT2D eigenvalue weighted by molar-refractivity contribution is 0.423. The summed E-state index contributed by atoms with van der Waals surface area (Å²) in [6.07, 6.45) is 4.20. The highest BCUT2D eigenvalue weighted by atomic mass is 15.4. The van der Waals surface area contributed by atoms with Crippen LogP contribution in [0, 0.1) is 5.92 Å². The molecule has 0 saturated heterocycles. The summed E-state index contributed by atoms with van der Waals surface area (Å²) >= 11 is 0. The summed E-state index contributed by atoms with van der Waals surface area (Å²) in [4.78, 5) is 0. The maximum absolute atomic E-state index is 4.10. The maximum atomic E-state index is 4.10. The number of nitrogens with one attached hydrogen (secondary N) is 1. The molecule has 1 heterocycles. The molecule has 1 aromatic heterocycles. The molecule has 1 rings (SSSR count). The van der Waals surface area contributed by atoms with Crippen molar-refractivity contribution in [2.45, 2.75) is 39.7 Å². The molecule has 4 heteroatoms. The van der Waals surface area contributed by atoms with Crippen molar-refractivity contribution in [2.24, 2.45) is 13.0 Å². The average molecular weight is 210 g/mol. The van der Waals surface area contributed by atoms with Gasteiger partial charge in [-0.3, -0.25) is 4.68 Å². The van der Waals surface area contributed by atoms with Crippen molar-refractivity contribution in [2.75, 3.05) is 6.54 Å². The molecule has 0 aromatic carbocycles. The van der Waals surface area contributed by atoms with Crippen molar-refractivity contribution >= 4 is 0 Å². The van der Waals surface area contributed by atoms with Gasteiger partial charge in [0.05, 0.1) is 5.69 Å². The molecule has 0 fully saturated rings. The van der Waals surface area contributed by atoms with E-state index in [2.05, 4.69) is 36.4 Å². The van der Waals surface area contributed by atoms with E-state index in [0.717, 1.165) is 18.7 Å². The maximum Gasteiger partial charge on any atom is 0.0829 e. The van der Waals surface area contributed by atoms with Crippen molar-refractivity contribution in [3.8, 4) is 0 Å². The Morgan fingerprint density at radius 3 is 2.73 bits per heavy atom. The largest absolute Gasteiger partial charge is 0.315 e. The summed E-state index contributed by atoms with van der Waals surface area (Å²) in [5.74, 6) is 0.649. The molecule has 0 saturated carbocycles. The summed E-state index contributed by atoms with van der Waals surface area (Å²) in [7, 11) is 1.91. The summed E-state index contributed by atoms with van der Waals surface area (Å²) in [6.45, 7) is 7.68. The van der Waals surface area contributed by atoms with Gasteiger partial charge in [0.25, 0.3) is 0 Å². The summed E-state index contributed by atoms with van der Waals surface area (Å²) in [5, 5.41) is 11.5. The first-order chi connectivity index (χ1) is 7.11. The van der Waals surface area contributed by atoms with Crippen LogP contribution in [-0.2, 0) is 13.5 Å². The van der Waals surface area contributed by atoms with Crippen molar-refractivity contribution in [3.63, 3.8) is 0 Å². The van der Waals surface area contributed by atoms with E-state index in [0.29, 0.717) is 12.0 Å². The number of rotatable bonds is 6. The van der Waals surface area contributed by atoms with Crippen LogP contribution >= 0.6 is 0 Å². The van der Waals surface area contributed by atoms with Gasteiger partial charge in [-0.05, 0) is 32.2 Å². The van der Waals surface area contributed by atoms with Gasteiger partial charge in [-0.15, -0.1) is 5.10 Å². The van der Waals surface area contributed by atoms with Crippen LogP contribution in [0.5, 0.6) is 0 Å². The Morgan fingerprint density at radius 2 is 2.20 bits per heavy atom. The zero-order chi connectivity index (χ0) is 11.3. The molecule has 1 N–H and O–H groups in total. The molecule has 0 aliphatic carbocycles. The minimum Gasteiger partial charge on any atom is -0.315 e. The van der Waals surface area contributed by atoms with Gasteiger partial charge in [-0.2, -0.15) is 0 Å². The van der Waals surface area contributed by atoms with Crippen LogP contribution in [0.25, 0.3) is 0 Å². The molecule has 0 radical (unpaired) electrons. The molecular formula is C11H22N4. The van der Waals surface area contributed by atoms with Gasteiger partial charge in [-0.1, -0.05) is 19.1 Å². The molecule has 0 amide bonds. The molecule has 2 unspecified atom stereocenters. The zero-order valence-electron chi connectivity index (χ0n) is 10.2. The Hall–Kier alpha value is -0.900. The molecule has 0 aliphatic rings. The molecule has 0 bridgehead atoms. The lowest BCUT2D eigenvalue weighted by Crippen LogP contribution is -2.27. The number of hydrogen-bond donors (Lipinski definition) is 1. The fraction of sp³-hybridized carbons (Fsp3) is 0.818. The third-order valence-electron chi connectivity index (χ3n) is 2.52. The first-order valence-electron chi connectivity index (χ1n) is 5.70. The van der Waals surface area contributed by atoms with E-state index in [1.807, 2.05) is 13.2 Å². The van der Waals surface area contributed by atoms with Gasteiger partial charge in [-0.25, -0.2) is 0 Å². The van der Waals surface area contributed by atoms with E-state index in [1.54, 1.807) is 4.68 Å². The number of aromatic nitrogens is 3. The lowest BCUT2D eigenvalue weighted by Gasteiger charge is -2.16. The van der Waals surface area contributed by atoms with Gasteiger partial charge in [0.15, 0.2) is 0 Å². The molecular weight excluding hydrogens is 188 g/mol. The minimum absolute atomic E-state index is 0.585. The predicted molar refractivity (Wildman–Crippen MR) is 61.6 cm³/mol. The van der Waals surface area contributed by atoms with Crippen LogP contribution in [0.4, 0.5) is 0 Å². The normalized spacial score (nSPS) is 15.2. The first kappa shape index (κ1) is 12.2. The van der Waals surface area contributed by atoms with Crippen LogP contribution in [0.1, 0.15) is 32.9 Å². The van der Waals surface area contributed by atoms with Crippen molar-refractivity contribution < 1.29 is 0 Å². The Morgan fingerprint density at radius 1 is 1.47 bits per heavy atom. The minimum atomic E-state index is 0.585. The van der Waals surface area contributed by atoms with Gasteiger partial charge in [0.1, 0.15) is 0 Å². The van der Waals surface area contributed by atoms with Crippen molar-refractivity contribution in [1.82, 2.24) is 20.3 Å². The third kappa shape index (κ3) is 4.42. The highest BCUT2D eigenvalue weighted by molar-refractivity contribution is 4.93. The van der Waals surface area contributed by atoms with Crippen LogP contribution in [0.2, 0.25) is 0 Å². The van der Waals surface area contributed by atoms with Crippen LogP contribution < -0.4 is 5.32 Å². The number of nitrogens with zero attached hydrogens (tertiary/aromatic N) is 3. The highest BCUT2D eigenvalue weighted by Crippen LogP contribution is 2.11. The van der Waals surface area contributed by atoms with Crippen LogP contribution in [0.15, 0.2) is 6.20 Å². The van der Waals surface area contributed by atoms with Crippen molar-refractivity contribution in [1.29, 1.82) is 0 Å². The zero-order valence-corrected chi connectivity index (χ0v) is 10.2. The van der Waals surface area contributed by atoms with Crippen LogP contribution in [-0.4, -0.2) is 27.6 Å². The highest BCUT2D eigenvalue weighted by Gasteiger charge is 2.10. The molecule has 0 aliphatic heterocycles. The second kappa shape index (κ2) is 5.85. The standard InChI is InChI=1S/C11H22N4/c1-5-12-10(3)6-9(2)7-11-8-15(4)14-13-11/h8-10,12H,5-7H2,1-4H3. The Balaban J connectivity index is 2.32. The van der Waals surface area contributed by atoms with Gasteiger partial charge in [0, 0.05) is 19.3 Å². The fourth-order valence-corrected chi connectivity index (χ4v) is 1.96. The van der Waals surface area contributed by atoms with E-state index in [1.165, 1.54) is 6.42 Å². The second-order valence-corrected chi connectivity index (χ2v) is 4.39. The molecule has 15 heavy (non-hydrogen) atoms. The molecule has 2 atom stereocenters. The Bertz CT molecular complexity index is 282. The quantitative estimate of drug-likeness (QED) is 0.771. The summed E-state index contributed by atoms with van der Waals surface area (Å²) < 4.78 is 1.76. The van der Waals surface area contributed by atoms with E-state index < -0.39 is 0 Å². The van der Waals surface area contributed by atoms with Crippen LogP contribution in [0.3, 0.4) is 0 Å². The first-order valence-corrected chi connectivity index (χ1v) is 5.70. The molecule has 4 nitrogen and oxygen atoms in total.